The molecule has 6 heteroatoms. The Bertz CT molecular complexity index is 320. The van der Waals surface area contributed by atoms with Gasteiger partial charge in [-0.15, -0.1) is 0 Å². The predicted octanol–water partition coefficient (Wildman–Crippen LogP) is 0.517. The van der Waals surface area contributed by atoms with Crippen LogP contribution in [0.4, 0.5) is 0 Å². The van der Waals surface area contributed by atoms with Crippen molar-refractivity contribution in [2.45, 2.75) is 20.3 Å². The zero-order valence-electron chi connectivity index (χ0n) is 11.0. The van der Waals surface area contributed by atoms with E-state index in [1.54, 1.807) is 4.90 Å². The number of ether oxygens (including phenoxy) is 2. The van der Waals surface area contributed by atoms with E-state index in [0.29, 0.717) is 13.1 Å². The Morgan fingerprint density at radius 3 is 2.11 bits per heavy atom. The van der Waals surface area contributed by atoms with E-state index in [1.807, 2.05) is 13.8 Å². The number of nitrogens with zero attached hydrogens (tertiary/aromatic N) is 1. The number of amides is 1. The average Bonchev–Trinajstić information content (AvgIpc) is 2.37. The second kappa shape index (κ2) is 9.21. The van der Waals surface area contributed by atoms with Crippen molar-refractivity contribution in [3.63, 3.8) is 0 Å². The monoisotopic (exact) mass is 257 g/mol. The highest BCUT2D eigenvalue weighted by atomic mass is 16.5. The summed E-state index contributed by atoms with van der Waals surface area (Å²) in [5.41, 5.74) is 0. The van der Waals surface area contributed by atoms with Crippen LogP contribution in [0.1, 0.15) is 20.3 Å². The maximum absolute atomic E-state index is 11.5. The maximum atomic E-state index is 11.5. The van der Waals surface area contributed by atoms with Crippen LogP contribution in [-0.4, -0.2) is 49.6 Å². The highest BCUT2D eigenvalue weighted by molar-refractivity contribution is 5.91. The molecular formula is C12H19NO5. The Labute approximate surface area is 107 Å². The molecule has 0 aliphatic rings. The minimum atomic E-state index is -0.673. The van der Waals surface area contributed by atoms with Crippen molar-refractivity contribution in [2.24, 2.45) is 0 Å². The third-order valence-electron chi connectivity index (χ3n) is 2.23. The smallest absolute Gasteiger partial charge is 0.331 e. The Kier molecular flexibility index (Phi) is 8.26. The molecule has 0 aliphatic heterocycles. The van der Waals surface area contributed by atoms with Crippen molar-refractivity contribution in [1.82, 2.24) is 4.90 Å². The van der Waals surface area contributed by atoms with Crippen LogP contribution in [0, 0.1) is 0 Å². The predicted molar refractivity (Wildman–Crippen MR) is 64.7 cm³/mol. The normalized spacial score (nSPS) is 10.2. The Morgan fingerprint density at radius 2 is 1.61 bits per heavy atom. The van der Waals surface area contributed by atoms with E-state index in [4.69, 9.17) is 4.74 Å². The van der Waals surface area contributed by atoms with Crippen molar-refractivity contribution in [3.8, 4) is 0 Å². The summed E-state index contributed by atoms with van der Waals surface area (Å²) in [6, 6.07) is 0. The molecular weight excluding hydrogens is 238 g/mol. The fraction of sp³-hybridized carbons (Fsp3) is 0.583. The summed E-state index contributed by atoms with van der Waals surface area (Å²) in [6.07, 6.45) is 2.07. The van der Waals surface area contributed by atoms with E-state index in [2.05, 4.69) is 4.74 Å². The quantitative estimate of drug-likeness (QED) is 0.491. The van der Waals surface area contributed by atoms with Gasteiger partial charge in [0.1, 0.15) is 6.61 Å². The van der Waals surface area contributed by atoms with E-state index in [-0.39, 0.29) is 18.9 Å². The van der Waals surface area contributed by atoms with Crippen LogP contribution < -0.4 is 0 Å². The Morgan fingerprint density at radius 1 is 1.06 bits per heavy atom. The van der Waals surface area contributed by atoms with Gasteiger partial charge in [-0.05, 0) is 13.8 Å². The van der Waals surface area contributed by atoms with E-state index in [9.17, 15) is 14.4 Å². The molecule has 0 unspecified atom stereocenters. The molecule has 0 atom stereocenters. The van der Waals surface area contributed by atoms with Gasteiger partial charge in [-0.3, -0.25) is 4.79 Å². The first-order chi connectivity index (χ1) is 8.54. The molecule has 102 valence electrons. The van der Waals surface area contributed by atoms with Crippen LogP contribution in [0.2, 0.25) is 0 Å². The molecule has 6 nitrogen and oxygen atoms in total. The van der Waals surface area contributed by atoms with Gasteiger partial charge in [0.25, 0.3) is 0 Å². The fourth-order valence-electron chi connectivity index (χ4n) is 1.23. The summed E-state index contributed by atoms with van der Waals surface area (Å²) in [7, 11) is 1.21. The lowest BCUT2D eigenvalue weighted by molar-refractivity contribution is -0.141. The van der Waals surface area contributed by atoms with Crippen LogP contribution in [-0.2, 0) is 23.9 Å². The molecule has 1 amide bonds. The zero-order chi connectivity index (χ0) is 14.0. The minimum Gasteiger partial charge on any atom is -0.466 e. The molecule has 0 fully saturated rings. The van der Waals surface area contributed by atoms with Crippen LogP contribution in [0.5, 0.6) is 0 Å². The summed E-state index contributed by atoms with van der Waals surface area (Å²) >= 11 is 0. The van der Waals surface area contributed by atoms with Gasteiger partial charge in [0.05, 0.1) is 13.5 Å². The number of carbonyl (C=O) groups is 3. The topological polar surface area (TPSA) is 72.9 Å². The van der Waals surface area contributed by atoms with Gasteiger partial charge in [-0.25, -0.2) is 9.59 Å². The first-order valence-electron chi connectivity index (χ1n) is 5.75. The van der Waals surface area contributed by atoms with E-state index >= 15 is 0 Å². The van der Waals surface area contributed by atoms with Crippen LogP contribution in [0.3, 0.4) is 0 Å². The summed E-state index contributed by atoms with van der Waals surface area (Å²) in [5, 5.41) is 0. The molecule has 0 aromatic rings. The largest absolute Gasteiger partial charge is 0.466 e. The van der Waals surface area contributed by atoms with Crippen molar-refractivity contribution >= 4 is 17.8 Å². The van der Waals surface area contributed by atoms with Crippen LogP contribution >= 0.6 is 0 Å². The van der Waals surface area contributed by atoms with E-state index in [0.717, 1.165) is 12.2 Å². The number of rotatable bonds is 7. The molecule has 0 aliphatic carbocycles. The minimum absolute atomic E-state index is 0.000318. The third-order valence-corrected chi connectivity index (χ3v) is 2.23. The second-order valence-electron chi connectivity index (χ2n) is 3.34. The number of carbonyl (C=O) groups excluding carboxylic acids is 3. The highest BCUT2D eigenvalue weighted by Crippen LogP contribution is 1.95. The molecule has 0 aromatic carbocycles. The summed E-state index contributed by atoms with van der Waals surface area (Å²) < 4.78 is 9.08. The van der Waals surface area contributed by atoms with Gasteiger partial charge in [-0.2, -0.15) is 0 Å². The van der Waals surface area contributed by atoms with Gasteiger partial charge in [0.15, 0.2) is 0 Å². The molecule has 0 saturated heterocycles. The van der Waals surface area contributed by atoms with Crippen LogP contribution in [0.25, 0.3) is 0 Å². The van der Waals surface area contributed by atoms with Crippen molar-refractivity contribution < 1.29 is 23.9 Å². The Hall–Kier alpha value is -1.85. The molecule has 0 spiro atoms. The lowest BCUT2D eigenvalue weighted by Gasteiger charge is -2.18. The molecule has 0 heterocycles. The highest BCUT2D eigenvalue weighted by Gasteiger charge is 2.09. The molecule has 0 saturated carbocycles. The van der Waals surface area contributed by atoms with Gasteiger partial charge in [0, 0.05) is 25.2 Å². The summed E-state index contributed by atoms with van der Waals surface area (Å²) in [5.74, 6) is -1.37. The summed E-state index contributed by atoms with van der Waals surface area (Å²) in [6.45, 7) is 5.02. The lowest BCUT2D eigenvalue weighted by Crippen LogP contribution is -2.31. The molecule has 18 heavy (non-hydrogen) atoms. The first-order valence-corrected chi connectivity index (χ1v) is 5.75. The van der Waals surface area contributed by atoms with Crippen molar-refractivity contribution in [1.29, 1.82) is 0 Å². The van der Waals surface area contributed by atoms with Gasteiger partial charge in [-0.1, -0.05) is 0 Å². The number of hydrogen-bond acceptors (Lipinski definition) is 5. The van der Waals surface area contributed by atoms with Gasteiger partial charge in [0.2, 0.25) is 5.91 Å². The maximum Gasteiger partial charge on any atom is 0.331 e. The average molecular weight is 257 g/mol. The second-order valence-corrected chi connectivity index (χ2v) is 3.34. The standard InChI is InChI=1S/C12H19NO5/c1-4-13(5-2)10(14)8-9-18-12(16)7-6-11(15)17-3/h6-7H,4-5,8-9H2,1-3H3/b7-6+. The van der Waals surface area contributed by atoms with Gasteiger partial charge >= 0.3 is 11.9 Å². The third kappa shape index (κ3) is 6.67. The van der Waals surface area contributed by atoms with Crippen molar-refractivity contribution in [2.75, 3.05) is 26.8 Å². The molecule has 0 bridgehead atoms. The molecule has 0 aromatic heterocycles. The number of methoxy groups -OCH3 is 1. The molecule has 0 N–H and O–H groups in total. The Balaban J connectivity index is 3.91. The van der Waals surface area contributed by atoms with Crippen LogP contribution in [0.15, 0.2) is 12.2 Å². The SMILES string of the molecule is CCN(CC)C(=O)CCOC(=O)/C=C/C(=O)OC. The summed E-state index contributed by atoms with van der Waals surface area (Å²) in [4.78, 5) is 35.0. The zero-order valence-corrected chi connectivity index (χ0v) is 11.0. The first kappa shape index (κ1) is 16.1. The van der Waals surface area contributed by atoms with Gasteiger partial charge < -0.3 is 14.4 Å². The lowest BCUT2D eigenvalue weighted by atomic mass is 10.3. The molecule has 0 radical (unpaired) electrons. The van der Waals surface area contributed by atoms with Crippen molar-refractivity contribution in [3.05, 3.63) is 12.2 Å². The molecule has 0 rings (SSSR count). The van der Waals surface area contributed by atoms with E-state index < -0.39 is 11.9 Å². The number of hydrogen-bond donors (Lipinski definition) is 0. The fourth-order valence-corrected chi connectivity index (χ4v) is 1.23. The van der Waals surface area contributed by atoms with E-state index in [1.165, 1.54) is 7.11 Å². The number of esters is 2.